The van der Waals surface area contributed by atoms with E-state index in [2.05, 4.69) is 32.7 Å². The highest BCUT2D eigenvalue weighted by Crippen LogP contribution is 2.61. The number of carbonyl (C=O) groups is 1. The number of fused-ring (bicyclic) bond motifs is 2. The monoisotopic (exact) mass is 399 g/mol. The summed E-state index contributed by atoms with van der Waals surface area (Å²) in [5.74, 6) is 0.525. The van der Waals surface area contributed by atoms with Crippen LogP contribution in [0, 0.1) is 22.7 Å². The third-order valence-corrected chi connectivity index (χ3v) is 8.07. The van der Waals surface area contributed by atoms with E-state index in [0.29, 0.717) is 28.6 Å². The van der Waals surface area contributed by atoms with Crippen LogP contribution < -0.4 is 5.32 Å². The van der Waals surface area contributed by atoms with Crippen LogP contribution in [-0.4, -0.2) is 17.1 Å². The van der Waals surface area contributed by atoms with Gasteiger partial charge in [0.05, 0.1) is 16.8 Å². The fraction of sp³-hybridized carbons (Fsp3) is 0.542. The predicted octanol–water partition coefficient (Wildman–Crippen LogP) is 5.84. The number of aliphatic hydroxyl groups is 1. The van der Waals surface area contributed by atoms with Crippen LogP contribution in [0.15, 0.2) is 36.4 Å². The maximum atomic E-state index is 12.6. The van der Waals surface area contributed by atoms with Gasteiger partial charge < -0.3 is 10.4 Å². The van der Waals surface area contributed by atoms with Gasteiger partial charge in [-0.2, -0.15) is 0 Å². The SMILES string of the molecule is C=C1[C@H](O)C[C@H]2C(C)(C)CCC[C@]2(C)[C@H]1C/C=C1\C(=O)Nc2c(Cl)cccc21. The third-order valence-electron chi connectivity index (χ3n) is 7.75. The Kier molecular flexibility index (Phi) is 4.75. The molecule has 2 fully saturated rings. The molecular formula is C24H30ClNO2. The van der Waals surface area contributed by atoms with Gasteiger partial charge in [0, 0.05) is 11.1 Å². The second-order valence-corrected chi connectivity index (χ2v) is 10.2. The molecular weight excluding hydrogens is 370 g/mol. The van der Waals surface area contributed by atoms with Crippen molar-refractivity contribution in [2.45, 2.75) is 59.0 Å². The van der Waals surface area contributed by atoms with Crippen molar-refractivity contribution in [1.82, 2.24) is 0 Å². The molecule has 2 saturated carbocycles. The van der Waals surface area contributed by atoms with Crippen molar-refractivity contribution in [3.05, 3.63) is 47.0 Å². The Hall–Kier alpha value is -1.58. The minimum Gasteiger partial charge on any atom is -0.389 e. The number of hydrogen-bond donors (Lipinski definition) is 2. The van der Waals surface area contributed by atoms with Gasteiger partial charge in [0.2, 0.25) is 0 Å². The van der Waals surface area contributed by atoms with Crippen LogP contribution in [0.5, 0.6) is 0 Å². The highest BCUT2D eigenvalue weighted by atomic mass is 35.5. The Bertz CT molecular complexity index is 871. The van der Waals surface area contributed by atoms with E-state index in [1.807, 2.05) is 18.2 Å². The van der Waals surface area contributed by atoms with E-state index in [1.54, 1.807) is 6.07 Å². The van der Waals surface area contributed by atoms with Crippen molar-refractivity contribution in [2.75, 3.05) is 5.32 Å². The quantitative estimate of drug-likeness (QED) is 0.485. The van der Waals surface area contributed by atoms with Crippen molar-refractivity contribution in [3.63, 3.8) is 0 Å². The normalized spacial score (nSPS) is 35.5. The number of rotatable bonds is 2. The number of para-hydroxylation sites is 1. The number of benzene rings is 1. The van der Waals surface area contributed by atoms with Crippen molar-refractivity contribution in [3.8, 4) is 0 Å². The van der Waals surface area contributed by atoms with Crippen LogP contribution in [-0.2, 0) is 4.79 Å². The fourth-order valence-corrected chi connectivity index (χ4v) is 6.46. The molecule has 2 N–H and O–H groups in total. The van der Waals surface area contributed by atoms with Crippen molar-refractivity contribution in [1.29, 1.82) is 0 Å². The molecule has 0 saturated heterocycles. The first kappa shape index (κ1) is 19.7. The Morgan fingerprint density at radius 2 is 2.07 bits per heavy atom. The zero-order valence-corrected chi connectivity index (χ0v) is 17.8. The molecule has 4 rings (SSSR count). The minimum absolute atomic E-state index is 0.0986. The Morgan fingerprint density at radius 3 is 2.82 bits per heavy atom. The van der Waals surface area contributed by atoms with E-state index in [0.717, 1.165) is 24.0 Å². The highest BCUT2D eigenvalue weighted by molar-refractivity contribution is 6.39. The van der Waals surface area contributed by atoms with E-state index in [-0.39, 0.29) is 22.7 Å². The van der Waals surface area contributed by atoms with Gasteiger partial charge in [0.15, 0.2) is 0 Å². The van der Waals surface area contributed by atoms with Crippen LogP contribution in [0.4, 0.5) is 5.69 Å². The Labute approximate surface area is 172 Å². The summed E-state index contributed by atoms with van der Waals surface area (Å²) in [5.41, 5.74) is 3.49. The molecule has 1 aromatic carbocycles. The number of hydrogen-bond acceptors (Lipinski definition) is 2. The molecule has 1 aliphatic heterocycles. The van der Waals surface area contributed by atoms with E-state index in [9.17, 15) is 9.90 Å². The van der Waals surface area contributed by atoms with E-state index in [4.69, 9.17) is 11.6 Å². The Morgan fingerprint density at radius 1 is 1.32 bits per heavy atom. The molecule has 3 aliphatic rings. The van der Waals surface area contributed by atoms with Crippen LogP contribution in [0.1, 0.15) is 58.4 Å². The van der Waals surface area contributed by atoms with Gasteiger partial charge in [-0.1, -0.05) is 63.6 Å². The molecule has 28 heavy (non-hydrogen) atoms. The lowest BCUT2D eigenvalue weighted by Gasteiger charge is -2.59. The van der Waals surface area contributed by atoms with E-state index >= 15 is 0 Å². The molecule has 150 valence electrons. The molecule has 0 unspecified atom stereocenters. The molecule has 0 radical (unpaired) electrons. The predicted molar refractivity (Wildman–Crippen MR) is 115 cm³/mol. The standard InChI is InChI=1S/C24H30ClNO2/c1-14-17(24(4)12-6-11-23(2,3)20(24)13-19(14)27)10-9-16-15-7-5-8-18(25)21(15)26-22(16)28/h5,7-9,17,19-20,27H,1,6,10-13H2,2-4H3,(H,26,28)/b16-9-/t17-,19+,20-,24+/m0/s1. The highest BCUT2D eigenvalue weighted by Gasteiger charge is 2.54. The topological polar surface area (TPSA) is 49.3 Å². The summed E-state index contributed by atoms with van der Waals surface area (Å²) in [4.78, 5) is 12.6. The number of halogens is 1. The number of amides is 1. The second kappa shape index (κ2) is 6.74. The lowest BCUT2D eigenvalue weighted by molar-refractivity contribution is -0.110. The average Bonchev–Trinajstić information content (AvgIpc) is 2.94. The summed E-state index contributed by atoms with van der Waals surface area (Å²) < 4.78 is 0. The number of allylic oxidation sites excluding steroid dienone is 1. The third kappa shape index (κ3) is 2.95. The summed E-state index contributed by atoms with van der Waals surface area (Å²) in [6, 6.07) is 5.60. The van der Waals surface area contributed by atoms with Crippen molar-refractivity contribution in [2.24, 2.45) is 22.7 Å². The molecule has 1 heterocycles. The van der Waals surface area contributed by atoms with Crippen LogP contribution >= 0.6 is 11.6 Å². The lowest BCUT2D eigenvalue weighted by Crippen LogP contribution is -2.52. The first-order chi connectivity index (χ1) is 13.1. The summed E-state index contributed by atoms with van der Waals surface area (Å²) >= 11 is 6.25. The van der Waals surface area contributed by atoms with Gasteiger partial charge in [-0.25, -0.2) is 0 Å². The average molecular weight is 400 g/mol. The van der Waals surface area contributed by atoms with Gasteiger partial charge in [0.1, 0.15) is 0 Å². The zero-order chi connectivity index (χ0) is 20.3. The first-order valence-electron chi connectivity index (χ1n) is 10.3. The second-order valence-electron chi connectivity index (χ2n) is 9.75. The van der Waals surface area contributed by atoms with Gasteiger partial charge in [-0.05, 0) is 60.0 Å². The van der Waals surface area contributed by atoms with Gasteiger partial charge in [-0.15, -0.1) is 0 Å². The molecule has 4 heteroatoms. The van der Waals surface area contributed by atoms with Crippen LogP contribution in [0.3, 0.4) is 0 Å². The molecule has 1 aromatic rings. The largest absolute Gasteiger partial charge is 0.389 e. The number of anilines is 1. The zero-order valence-electron chi connectivity index (χ0n) is 17.0. The van der Waals surface area contributed by atoms with Crippen LogP contribution in [0.25, 0.3) is 5.57 Å². The first-order valence-corrected chi connectivity index (χ1v) is 10.7. The fourth-order valence-electron chi connectivity index (χ4n) is 6.24. The molecule has 0 aromatic heterocycles. The summed E-state index contributed by atoms with van der Waals surface area (Å²) in [6.45, 7) is 11.3. The molecule has 0 spiro atoms. The molecule has 0 bridgehead atoms. The number of carbonyl (C=O) groups excluding carboxylic acids is 1. The summed E-state index contributed by atoms with van der Waals surface area (Å²) in [5, 5.41) is 14.2. The number of aliphatic hydroxyl groups excluding tert-OH is 1. The van der Waals surface area contributed by atoms with Crippen LogP contribution in [0.2, 0.25) is 5.02 Å². The molecule has 3 nitrogen and oxygen atoms in total. The maximum absolute atomic E-state index is 12.6. The molecule has 1 amide bonds. The summed E-state index contributed by atoms with van der Waals surface area (Å²) in [7, 11) is 0. The van der Waals surface area contributed by atoms with Gasteiger partial charge >= 0.3 is 0 Å². The lowest BCUT2D eigenvalue weighted by atomic mass is 9.46. The minimum atomic E-state index is -0.460. The molecule has 4 atom stereocenters. The van der Waals surface area contributed by atoms with E-state index < -0.39 is 6.10 Å². The number of nitrogens with one attached hydrogen (secondary N) is 1. The van der Waals surface area contributed by atoms with Crippen molar-refractivity contribution < 1.29 is 9.90 Å². The van der Waals surface area contributed by atoms with Crippen molar-refractivity contribution >= 4 is 28.8 Å². The summed E-state index contributed by atoms with van der Waals surface area (Å²) in [6.07, 6.45) is 6.65. The smallest absolute Gasteiger partial charge is 0.256 e. The van der Waals surface area contributed by atoms with E-state index in [1.165, 1.54) is 12.8 Å². The van der Waals surface area contributed by atoms with Gasteiger partial charge in [0.25, 0.3) is 5.91 Å². The Balaban J connectivity index is 1.69. The van der Waals surface area contributed by atoms with Gasteiger partial charge in [-0.3, -0.25) is 4.79 Å². The maximum Gasteiger partial charge on any atom is 0.256 e. The molecule has 2 aliphatic carbocycles.